The lowest BCUT2D eigenvalue weighted by atomic mass is 10.1. The van der Waals surface area contributed by atoms with E-state index in [1.54, 1.807) is 23.9 Å². The third-order valence-corrected chi connectivity index (χ3v) is 3.75. The molecule has 2 fully saturated rings. The van der Waals surface area contributed by atoms with Gasteiger partial charge in [0.05, 0.1) is 24.3 Å². The lowest BCUT2D eigenvalue weighted by Crippen LogP contribution is -2.44. The maximum Gasteiger partial charge on any atom is 0.268 e. The van der Waals surface area contributed by atoms with Crippen LogP contribution in [0.2, 0.25) is 5.02 Å². The van der Waals surface area contributed by atoms with Gasteiger partial charge in [-0.1, -0.05) is 11.6 Å². The number of aryl methyl sites for hydroxylation is 1. The van der Waals surface area contributed by atoms with E-state index >= 15 is 0 Å². The third-order valence-electron chi connectivity index (χ3n) is 3.55. The fraction of sp³-hybridized carbons (Fsp3) is 0.583. The number of nitrogens with one attached hydrogen (secondary N) is 1. The second-order valence-electron chi connectivity index (χ2n) is 4.90. The highest BCUT2D eigenvalue weighted by Crippen LogP contribution is 2.27. The highest BCUT2D eigenvalue weighted by atomic mass is 35.5. The molecule has 3 heterocycles. The summed E-state index contributed by atoms with van der Waals surface area (Å²) in [6, 6.07) is 1.36. The molecule has 0 spiro atoms. The van der Waals surface area contributed by atoms with E-state index in [2.05, 4.69) is 5.32 Å². The van der Waals surface area contributed by atoms with Gasteiger partial charge in [0, 0.05) is 13.2 Å². The quantitative estimate of drug-likeness (QED) is 0.799. The molecule has 2 N–H and O–H groups in total. The number of halogens is 1. The van der Waals surface area contributed by atoms with Gasteiger partial charge in [-0.15, -0.1) is 0 Å². The van der Waals surface area contributed by atoms with Gasteiger partial charge in [0.15, 0.2) is 0 Å². The lowest BCUT2D eigenvalue weighted by molar-refractivity contribution is 0.0178. The van der Waals surface area contributed by atoms with Crippen molar-refractivity contribution in [1.82, 2.24) is 9.88 Å². The number of aliphatic hydroxyl groups excluding tert-OH is 1. The normalized spacial score (nSPS) is 33.4. The minimum absolute atomic E-state index is 0.228. The minimum Gasteiger partial charge on any atom is -0.388 e. The number of rotatable bonds is 2. The van der Waals surface area contributed by atoms with E-state index in [4.69, 9.17) is 21.1 Å². The molecule has 2 aliphatic heterocycles. The Balaban J connectivity index is 1.69. The summed E-state index contributed by atoms with van der Waals surface area (Å²) in [5.74, 6) is -0.228. The fourth-order valence-corrected chi connectivity index (χ4v) is 2.84. The first-order valence-electron chi connectivity index (χ1n) is 6.10. The first-order valence-corrected chi connectivity index (χ1v) is 6.48. The van der Waals surface area contributed by atoms with Crippen molar-refractivity contribution in [1.29, 1.82) is 0 Å². The summed E-state index contributed by atoms with van der Waals surface area (Å²) < 4.78 is 12.6. The number of ether oxygens (including phenoxy) is 2. The van der Waals surface area contributed by atoms with E-state index in [9.17, 15) is 9.90 Å². The summed E-state index contributed by atoms with van der Waals surface area (Å²) in [4.78, 5) is 12.1. The van der Waals surface area contributed by atoms with Gasteiger partial charge >= 0.3 is 0 Å². The Morgan fingerprint density at radius 1 is 1.47 bits per heavy atom. The van der Waals surface area contributed by atoms with Crippen LogP contribution in [-0.4, -0.2) is 53.1 Å². The van der Waals surface area contributed by atoms with Crippen LogP contribution in [0.5, 0.6) is 0 Å². The Bertz CT molecular complexity index is 504. The number of carbonyl (C=O) groups is 1. The summed E-state index contributed by atoms with van der Waals surface area (Å²) in [6.07, 6.45) is 0.425. The van der Waals surface area contributed by atoms with Crippen molar-refractivity contribution in [2.45, 2.75) is 24.4 Å². The zero-order valence-electron chi connectivity index (χ0n) is 10.4. The van der Waals surface area contributed by atoms with Crippen LogP contribution in [0.4, 0.5) is 0 Å². The topological polar surface area (TPSA) is 72.7 Å². The highest BCUT2D eigenvalue weighted by Gasteiger charge is 2.47. The van der Waals surface area contributed by atoms with Crippen LogP contribution in [0.15, 0.2) is 12.3 Å². The Morgan fingerprint density at radius 2 is 2.21 bits per heavy atom. The summed E-state index contributed by atoms with van der Waals surface area (Å²) in [5.41, 5.74) is 0.479. The molecule has 0 saturated carbocycles. The van der Waals surface area contributed by atoms with E-state index in [-0.39, 0.29) is 30.8 Å². The number of amides is 1. The van der Waals surface area contributed by atoms with Crippen molar-refractivity contribution >= 4 is 17.5 Å². The summed E-state index contributed by atoms with van der Waals surface area (Å²) in [7, 11) is 1.75. The van der Waals surface area contributed by atoms with Crippen molar-refractivity contribution in [2.24, 2.45) is 7.05 Å². The summed E-state index contributed by atoms with van der Waals surface area (Å²) >= 11 is 5.85. The molecular weight excluding hydrogens is 272 g/mol. The largest absolute Gasteiger partial charge is 0.388 e. The number of fused-ring (bicyclic) bond motifs is 1. The second kappa shape index (κ2) is 4.79. The average molecular weight is 287 g/mol. The molecular formula is C12H15ClN2O4. The molecule has 19 heavy (non-hydrogen) atoms. The van der Waals surface area contributed by atoms with Crippen molar-refractivity contribution in [3.05, 3.63) is 23.0 Å². The average Bonchev–Trinajstić information content (AvgIpc) is 2.99. The van der Waals surface area contributed by atoms with Gasteiger partial charge in [-0.25, -0.2) is 0 Å². The lowest BCUT2D eigenvalue weighted by Gasteiger charge is -2.17. The fourth-order valence-electron chi connectivity index (χ4n) is 2.60. The smallest absolute Gasteiger partial charge is 0.268 e. The number of aliphatic hydroxyl groups is 1. The Morgan fingerprint density at radius 3 is 2.89 bits per heavy atom. The van der Waals surface area contributed by atoms with Gasteiger partial charge in [0.25, 0.3) is 5.91 Å². The molecule has 2 saturated heterocycles. The number of hydrogen-bond acceptors (Lipinski definition) is 4. The molecule has 104 valence electrons. The molecule has 6 nitrogen and oxygen atoms in total. The van der Waals surface area contributed by atoms with Gasteiger partial charge in [-0.05, 0) is 6.07 Å². The predicted molar refractivity (Wildman–Crippen MR) is 67.2 cm³/mol. The molecule has 7 heteroatoms. The second-order valence-corrected chi connectivity index (χ2v) is 5.33. The van der Waals surface area contributed by atoms with E-state index in [1.807, 2.05) is 0 Å². The van der Waals surface area contributed by atoms with E-state index in [0.29, 0.717) is 17.3 Å². The molecule has 1 amide bonds. The molecule has 0 aliphatic carbocycles. The number of nitrogens with zero attached hydrogens (tertiary/aromatic N) is 1. The number of carbonyl (C=O) groups excluding carboxylic acids is 1. The predicted octanol–water partition coefficient (Wildman–Crippen LogP) is -0.0646. The van der Waals surface area contributed by atoms with Crippen LogP contribution in [0.1, 0.15) is 10.5 Å². The minimum atomic E-state index is -0.614. The van der Waals surface area contributed by atoms with E-state index in [1.165, 1.54) is 0 Å². The van der Waals surface area contributed by atoms with Crippen molar-refractivity contribution in [3.63, 3.8) is 0 Å². The molecule has 0 aromatic carbocycles. The van der Waals surface area contributed by atoms with Gasteiger partial charge in [0.2, 0.25) is 0 Å². The van der Waals surface area contributed by atoms with E-state index in [0.717, 1.165) is 0 Å². The van der Waals surface area contributed by atoms with Gasteiger partial charge < -0.3 is 24.5 Å². The summed E-state index contributed by atoms with van der Waals surface area (Å²) in [5, 5.41) is 13.0. The molecule has 0 radical (unpaired) electrons. The molecule has 4 atom stereocenters. The standard InChI is InChI=1S/C12H15ClN2O4/c1-15-3-6(13)2-8(15)12(17)14-7-4-18-11-9(16)5-19-10(7)11/h2-3,7,9-11,16H,4-5H2,1H3,(H,14,17)/t7-,9+,10+,11+/m0/s1. The third kappa shape index (κ3) is 2.25. The zero-order chi connectivity index (χ0) is 13.6. The SMILES string of the molecule is Cn1cc(Cl)cc1C(=O)N[C@H]1CO[C@H]2[C@@H]1OC[C@H]2O. The van der Waals surface area contributed by atoms with Crippen molar-refractivity contribution < 1.29 is 19.4 Å². The number of aromatic nitrogens is 1. The maximum atomic E-state index is 12.1. The Labute approximate surface area is 115 Å². The van der Waals surface area contributed by atoms with Crippen LogP contribution in [0.25, 0.3) is 0 Å². The Hall–Kier alpha value is -1.08. The molecule has 0 unspecified atom stereocenters. The van der Waals surface area contributed by atoms with Crippen molar-refractivity contribution in [3.8, 4) is 0 Å². The van der Waals surface area contributed by atoms with Gasteiger partial charge in [-0.3, -0.25) is 4.79 Å². The monoisotopic (exact) mass is 286 g/mol. The number of hydrogen-bond donors (Lipinski definition) is 2. The maximum absolute atomic E-state index is 12.1. The van der Waals surface area contributed by atoms with Crippen LogP contribution in [0, 0.1) is 0 Å². The zero-order valence-corrected chi connectivity index (χ0v) is 11.1. The van der Waals surface area contributed by atoms with Gasteiger partial charge in [-0.2, -0.15) is 0 Å². The first kappa shape index (κ1) is 12.9. The molecule has 1 aromatic rings. The van der Waals surface area contributed by atoms with E-state index < -0.39 is 6.10 Å². The van der Waals surface area contributed by atoms with Gasteiger partial charge in [0.1, 0.15) is 24.0 Å². The van der Waals surface area contributed by atoms with Crippen LogP contribution >= 0.6 is 11.6 Å². The van der Waals surface area contributed by atoms with Crippen LogP contribution in [0.3, 0.4) is 0 Å². The molecule has 1 aromatic heterocycles. The summed E-state index contributed by atoms with van der Waals surface area (Å²) in [6.45, 7) is 0.591. The van der Waals surface area contributed by atoms with Crippen molar-refractivity contribution in [2.75, 3.05) is 13.2 Å². The van der Waals surface area contributed by atoms with Crippen LogP contribution < -0.4 is 5.32 Å². The molecule has 0 bridgehead atoms. The molecule has 2 aliphatic rings. The Kier molecular flexibility index (Phi) is 3.26. The highest BCUT2D eigenvalue weighted by molar-refractivity contribution is 6.31. The molecule has 3 rings (SSSR count). The first-order chi connectivity index (χ1) is 9.06. The van der Waals surface area contributed by atoms with Crippen LogP contribution in [-0.2, 0) is 16.5 Å².